The summed E-state index contributed by atoms with van der Waals surface area (Å²) in [4.78, 5) is 11.9. The molecule has 3 aliphatic rings. The molecule has 2 aliphatic heterocycles. The van der Waals surface area contributed by atoms with Crippen LogP contribution in [0.1, 0.15) is 12.8 Å². The van der Waals surface area contributed by atoms with E-state index in [4.69, 9.17) is 0 Å². The van der Waals surface area contributed by atoms with Gasteiger partial charge >= 0.3 is 0 Å². The van der Waals surface area contributed by atoms with Crippen LogP contribution in [0.2, 0.25) is 0 Å². The lowest BCUT2D eigenvalue weighted by molar-refractivity contribution is -0.122. The summed E-state index contributed by atoms with van der Waals surface area (Å²) in [6.07, 6.45) is 2.28. The molecule has 2 saturated heterocycles. The van der Waals surface area contributed by atoms with Crippen LogP contribution in [0.4, 0.5) is 0 Å². The molecule has 13 heavy (non-hydrogen) atoms. The minimum absolute atomic E-state index is 0.187. The van der Waals surface area contributed by atoms with Crippen molar-refractivity contribution in [2.45, 2.75) is 18.9 Å². The maximum Gasteiger partial charge on any atom is 0.153 e. The number of carbonyl (C=O) groups is 1. The summed E-state index contributed by atoms with van der Waals surface area (Å²) >= 11 is 0. The van der Waals surface area contributed by atoms with E-state index in [9.17, 15) is 4.79 Å². The summed E-state index contributed by atoms with van der Waals surface area (Å²) in [6, 6.07) is 0.187. The highest BCUT2D eigenvalue weighted by Crippen LogP contribution is 2.35. The predicted octanol–water partition coefficient (Wildman–Crippen LogP) is -0.227. The predicted molar refractivity (Wildman–Crippen MR) is 49.4 cm³/mol. The first kappa shape index (κ1) is 7.94. The molecule has 0 amide bonds. The van der Waals surface area contributed by atoms with Gasteiger partial charge in [-0.05, 0) is 31.2 Å². The molecule has 3 heteroatoms. The van der Waals surface area contributed by atoms with Crippen LogP contribution < -0.4 is 10.6 Å². The molecule has 0 aromatic rings. The molecule has 0 spiro atoms. The first-order valence-corrected chi connectivity index (χ1v) is 5.34. The molecule has 2 N–H and O–H groups in total. The lowest BCUT2D eigenvalue weighted by atomic mass is 9.90. The van der Waals surface area contributed by atoms with Crippen molar-refractivity contribution >= 4 is 5.78 Å². The molecular weight excluding hydrogens is 164 g/mol. The number of carbonyl (C=O) groups excluding carboxylic acids is 1. The van der Waals surface area contributed by atoms with Crippen molar-refractivity contribution in [3.63, 3.8) is 0 Å². The van der Waals surface area contributed by atoms with E-state index < -0.39 is 0 Å². The van der Waals surface area contributed by atoms with Gasteiger partial charge in [0.15, 0.2) is 5.78 Å². The number of hydrogen-bond acceptors (Lipinski definition) is 3. The Hall–Kier alpha value is -0.410. The van der Waals surface area contributed by atoms with E-state index in [-0.39, 0.29) is 6.04 Å². The van der Waals surface area contributed by atoms with E-state index >= 15 is 0 Å². The average molecular weight is 180 g/mol. The van der Waals surface area contributed by atoms with Crippen LogP contribution in [0, 0.1) is 17.8 Å². The van der Waals surface area contributed by atoms with Gasteiger partial charge in [-0.2, -0.15) is 0 Å². The van der Waals surface area contributed by atoms with Gasteiger partial charge in [0.1, 0.15) is 0 Å². The van der Waals surface area contributed by atoms with Gasteiger partial charge in [-0.3, -0.25) is 4.79 Å². The van der Waals surface area contributed by atoms with Crippen molar-refractivity contribution in [2.24, 2.45) is 17.8 Å². The Bertz CT molecular complexity index is 237. The van der Waals surface area contributed by atoms with Crippen LogP contribution >= 0.6 is 0 Å². The second-order valence-corrected chi connectivity index (χ2v) is 4.64. The van der Waals surface area contributed by atoms with E-state index in [0.717, 1.165) is 32.5 Å². The van der Waals surface area contributed by atoms with E-state index in [1.807, 2.05) is 0 Å². The molecule has 2 heterocycles. The Balaban J connectivity index is 1.73. The summed E-state index contributed by atoms with van der Waals surface area (Å²) in [7, 11) is 0. The molecule has 3 unspecified atom stereocenters. The van der Waals surface area contributed by atoms with Crippen molar-refractivity contribution in [3.05, 3.63) is 0 Å². The van der Waals surface area contributed by atoms with Crippen molar-refractivity contribution in [1.29, 1.82) is 0 Å². The van der Waals surface area contributed by atoms with E-state index in [1.165, 1.54) is 0 Å². The van der Waals surface area contributed by atoms with Crippen molar-refractivity contribution in [2.75, 3.05) is 19.6 Å². The summed E-state index contributed by atoms with van der Waals surface area (Å²) < 4.78 is 0. The number of fused-ring (bicyclic) bond motifs is 1. The van der Waals surface area contributed by atoms with Gasteiger partial charge in [0.25, 0.3) is 0 Å². The third kappa shape index (κ3) is 1.22. The highest BCUT2D eigenvalue weighted by Gasteiger charge is 2.46. The second kappa shape index (κ2) is 2.79. The van der Waals surface area contributed by atoms with E-state index in [2.05, 4.69) is 10.6 Å². The molecule has 0 aromatic carbocycles. The second-order valence-electron chi connectivity index (χ2n) is 4.64. The van der Waals surface area contributed by atoms with Crippen LogP contribution in [0.3, 0.4) is 0 Å². The highest BCUT2D eigenvalue weighted by atomic mass is 16.1. The van der Waals surface area contributed by atoms with Crippen LogP contribution in [-0.2, 0) is 4.79 Å². The fourth-order valence-corrected chi connectivity index (χ4v) is 2.73. The number of ketones is 1. The number of Topliss-reactive ketones (excluding diaryl/α,β-unsaturated/α-hetero) is 1. The number of hydrogen-bond donors (Lipinski definition) is 2. The summed E-state index contributed by atoms with van der Waals surface area (Å²) in [5, 5.41) is 6.77. The monoisotopic (exact) mass is 180 g/mol. The molecule has 3 nitrogen and oxygen atoms in total. The maximum absolute atomic E-state index is 11.9. The quantitative estimate of drug-likeness (QED) is 0.617. The Morgan fingerprint density at radius 2 is 2.00 bits per heavy atom. The van der Waals surface area contributed by atoms with Gasteiger partial charge < -0.3 is 10.6 Å². The van der Waals surface area contributed by atoms with Gasteiger partial charge in [-0.15, -0.1) is 0 Å². The third-order valence-corrected chi connectivity index (χ3v) is 3.71. The Morgan fingerprint density at radius 3 is 2.77 bits per heavy atom. The molecule has 0 radical (unpaired) electrons. The van der Waals surface area contributed by atoms with Gasteiger partial charge in [-0.25, -0.2) is 0 Å². The zero-order valence-corrected chi connectivity index (χ0v) is 7.75. The molecule has 3 atom stereocenters. The molecule has 72 valence electrons. The largest absolute Gasteiger partial charge is 0.316 e. The lowest BCUT2D eigenvalue weighted by Crippen LogP contribution is -2.39. The molecule has 0 aromatic heterocycles. The fraction of sp³-hybridized carbons (Fsp3) is 0.900. The molecule has 3 rings (SSSR count). The molecule has 0 bridgehead atoms. The first-order valence-electron chi connectivity index (χ1n) is 5.34. The zero-order chi connectivity index (χ0) is 8.84. The van der Waals surface area contributed by atoms with Crippen LogP contribution in [-0.4, -0.2) is 31.5 Å². The Labute approximate surface area is 78.3 Å². The minimum atomic E-state index is 0.187. The number of rotatable bonds is 2. The first-order chi connectivity index (χ1) is 6.36. The Morgan fingerprint density at radius 1 is 1.15 bits per heavy atom. The summed E-state index contributed by atoms with van der Waals surface area (Å²) in [5.74, 6) is 2.22. The zero-order valence-electron chi connectivity index (χ0n) is 7.75. The average Bonchev–Trinajstić information content (AvgIpc) is 2.73. The van der Waals surface area contributed by atoms with Crippen molar-refractivity contribution in [3.8, 4) is 0 Å². The van der Waals surface area contributed by atoms with Crippen LogP contribution in [0.25, 0.3) is 0 Å². The molecule has 1 saturated carbocycles. The Kier molecular flexibility index (Phi) is 1.70. The fourth-order valence-electron chi connectivity index (χ4n) is 2.73. The summed E-state index contributed by atoms with van der Waals surface area (Å²) in [6.45, 7) is 3.19. The van der Waals surface area contributed by atoms with Gasteiger partial charge in [0, 0.05) is 19.0 Å². The number of nitrogens with one attached hydrogen (secondary N) is 2. The minimum Gasteiger partial charge on any atom is -0.316 e. The SMILES string of the molecule is O=C(C1CC1)C1NCC2CNCC21. The van der Waals surface area contributed by atoms with Gasteiger partial charge in [-0.1, -0.05) is 0 Å². The maximum atomic E-state index is 11.9. The normalized spacial score (nSPS) is 43.5. The van der Waals surface area contributed by atoms with E-state index in [1.54, 1.807) is 0 Å². The third-order valence-electron chi connectivity index (χ3n) is 3.71. The van der Waals surface area contributed by atoms with Crippen molar-refractivity contribution < 1.29 is 4.79 Å². The van der Waals surface area contributed by atoms with Crippen LogP contribution in [0.5, 0.6) is 0 Å². The van der Waals surface area contributed by atoms with Gasteiger partial charge in [0.05, 0.1) is 6.04 Å². The molecular formula is C10H16N2O. The van der Waals surface area contributed by atoms with E-state index in [0.29, 0.717) is 23.5 Å². The summed E-state index contributed by atoms with van der Waals surface area (Å²) in [5.41, 5.74) is 0. The highest BCUT2D eigenvalue weighted by molar-refractivity contribution is 5.88. The standard InChI is InChI=1S/C10H16N2O/c13-10(6-1-2-6)9-8-5-11-3-7(8)4-12-9/h6-9,11-12H,1-5H2. The van der Waals surface area contributed by atoms with Crippen molar-refractivity contribution in [1.82, 2.24) is 10.6 Å². The topological polar surface area (TPSA) is 41.1 Å². The molecule has 3 fully saturated rings. The lowest BCUT2D eigenvalue weighted by Gasteiger charge is -2.15. The van der Waals surface area contributed by atoms with Crippen LogP contribution in [0.15, 0.2) is 0 Å². The molecule has 1 aliphatic carbocycles. The smallest absolute Gasteiger partial charge is 0.153 e. The van der Waals surface area contributed by atoms with Gasteiger partial charge in [0.2, 0.25) is 0 Å².